The molecule has 2 N–H and O–H groups in total. The summed E-state index contributed by atoms with van der Waals surface area (Å²) in [5.74, 6) is 0.368. The van der Waals surface area contributed by atoms with Gasteiger partial charge in [0.25, 0.3) is 11.8 Å². The number of imide groups is 1. The molecule has 20 heavy (non-hydrogen) atoms. The largest absolute Gasteiger partial charge is 0.399 e. The first kappa shape index (κ1) is 13.2. The molecule has 0 aromatic heterocycles. The van der Waals surface area contributed by atoms with E-state index in [4.69, 9.17) is 5.73 Å². The number of rotatable bonds is 1. The smallest absolute Gasteiger partial charge is 0.261 e. The van der Waals surface area contributed by atoms with Crippen molar-refractivity contribution in [1.29, 1.82) is 0 Å². The molecule has 1 aromatic rings. The number of carbonyl (C=O) groups excluding carboxylic acids is 2. The van der Waals surface area contributed by atoms with Crippen LogP contribution in [0, 0.1) is 5.92 Å². The van der Waals surface area contributed by atoms with Crippen LogP contribution < -0.4 is 5.73 Å². The predicted molar refractivity (Wildman–Crippen MR) is 77.4 cm³/mol. The Morgan fingerprint density at radius 2 is 1.80 bits per heavy atom. The standard InChI is InChI=1S/C16H20N2O2/c1-10-3-2-4-12(7-5-10)18-15(19)13-8-6-11(17)9-14(13)16(18)20/h6,8-10,12H,2-5,7,17H2,1H3. The molecule has 1 aliphatic heterocycles. The van der Waals surface area contributed by atoms with Crippen molar-refractivity contribution in [2.24, 2.45) is 5.92 Å². The zero-order valence-electron chi connectivity index (χ0n) is 11.8. The van der Waals surface area contributed by atoms with Crippen LogP contribution in [-0.4, -0.2) is 22.8 Å². The van der Waals surface area contributed by atoms with Crippen LogP contribution in [0.25, 0.3) is 0 Å². The van der Waals surface area contributed by atoms with Gasteiger partial charge in [-0.1, -0.05) is 19.8 Å². The lowest BCUT2D eigenvalue weighted by Crippen LogP contribution is -2.39. The van der Waals surface area contributed by atoms with Gasteiger partial charge in [0.1, 0.15) is 0 Å². The van der Waals surface area contributed by atoms with Gasteiger partial charge >= 0.3 is 0 Å². The average molecular weight is 272 g/mol. The Balaban J connectivity index is 1.89. The van der Waals surface area contributed by atoms with Gasteiger partial charge in [0.05, 0.1) is 11.1 Å². The van der Waals surface area contributed by atoms with Crippen LogP contribution >= 0.6 is 0 Å². The molecule has 2 aliphatic rings. The summed E-state index contributed by atoms with van der Waals surface area (Å²) < 4.78 is 0. The van der Waals surface area contributed by atoms with Crippen LogP contribution in [0.1, 0.15) is 59.7 Å². The van der Waals surface area contributed by atoms with Gasteiger partial charge in [0.2, 0.25) is 0 Å². The fourth-order valence-corrected chi connectivity index (χ4v) is 3.33. The highest BCUT2D eigenvalue weighted by Crippen LogP contribution is 2.32. The number of amides is 2. The highest BCUT2D eigenvalue weighted by Gasteiger charge is 2.40. The number of hydrogen-bond acceptors (Lipinski definition) is 3. The van der Waals surface area contributed by atoms with Crippen LogP contribution in [0.4, 0.5) is 5.69 Å². The van der Waals surface area contributed by atoms with E-state index in [9.17, 15) is 9.59 Å². The van der Waals surface area contributed by atoms with Crippen molar-refractivity contribution in [3.8, 4) is 0 Å². The molecule has 1 aliphatic carbocycles. The van der Waals surface area contributed by atoms with Gasteiger partial charge in [-0.25, -0.2) is 0 Å². The minimum Gasteiger partial charge on any atom is -0.399 e. The van der Waals surface area contributed by atoms with Crippen LogP contribution in [0.2, 0.25) is 0 Å². The van der Waals surface area contributed by atoms with Crippen LogP contribution in [0.5, 0.6) is 0 Å². The average Bonchev–Trinajstić information content (AvgIpc) is 2.57. The molecule has 2 atom stereocenters. The van der Waals surface area contributed by atoms with Crippen molar-refractivity contribution in [3.63, 3.8) is 0 Å². The molecule has 0 bridgehead atoms. The summed E-state index contributed by atoms with van der Waals surface area (Å²) in [7, 11) is 0. The first-order valence-electron chi connectivity index (χ1n) is 7.35. The number of anilines is 1. The van der Waals surface area contributed by atoms with Gasteiger partial charge in [-0.15, -0.1) is 0 Å². The first-order chi connectivity index (χ1) is 9.58. The van der Waals surface area contributed by atoms with Crippen LogP contribution in [0.3, 0.4) is 0 Å². The molecule has 4 nitrogen and oxygen atoms in total. The molecule has 106 valence electrons. The normalized spacial score (nSPS) is 26.6. The summed E-state index contributed by atoms with van der Waals surface area (Å²) in [5.41, 5.74) is 7.22. The monoisotopic (exact) mass is 272 g/mol. The molecule has 3 rings (SSSR count). The minimum atomic E-state index is -0.170. The SMILES string of the molecule is CC1CCCC(N2C(=O)c3ccc(N)cc3C2=O)CC1. The van der Waals surface area contributed by atoms with Crippen molar-refractivity contribution in [3.05, 3.63) is 29.3 Å². The van der Waals surface area contributed by atoms with E-state index >= 15 is 0 Å². The lowest BCUT2D eigenvalue weighted by atomic mass is 10.0. The molecule has 2 amide bonds. The molecule has 0 spiro atoms. The summed E-state index contributed by atoms with van der Waals surface area (Å²) in [5, 5.41) is 0. The van der Waals surface area contributed by atoms with Crippen molar-refractivity contribution >= 4 is 17.5 Å². The van der Waals surface area contributed by atoms with Gasteiger partial charge in [0.15, 0.2) is 0 Å². The summed E-state index contributed by atoms with van der Waals surface area (Å²) >= 11 is 0. The van der Waals surface area contributed by atoms with E-state index in [1.54, 1.807) is 18.2 Å². The first-order valence-corrected chi connectivity index (χ1v) is 7.35. The fraction of sp³-hybridized carbons (Fsp3) is 0.500. The summed E-state index contributed by atoms with van der Waals surface area (Å²) in [6, 6.07) is 5.02. The maximum Gasteiger partial charge on any atom is 0.261 e. The Bertz CT molecular complexity index is 568. The molecule has 2 unspecified atom stereocenters. The van der Waals surface area contributed by atoms with E-state index < -0.39 is 0 Å². The number of benzene rings is 1. The third-order valence-corrected chi connectivity index (χ3v) is 4.53. The lowest BCUT2D eigenvalue weighted by molar-refractivity contribution is 0.0569. The Hall–Kier alpha value is -1.84. The Kier molecular flexibility index (Phi) is 3.24. The maximum absolute atomic E-state index is 12.5. The lowest BCUT2D eigenvalue weighted by Gasteiger charge is -2.24. The maximum atomic E-state index is 12.5. The number of carbonyl (C=O) groups is 2. The molecule has 0 saturated heterocycles. The minimum absolute atomic E-state index is 0.0496. The molecule has 1 saturated carbocycles. The summed E-state index contributed by atoms with van der Waals surface area (Å²) in [6.07, 6.45) is 5.20. The molecule has 4 heteroatoms. The third kappa shape index (κ3) is 2.09. The van der Waals surface area contributed by atoms with E-state index in [1.807, 2.05) is 0 Å². The number of hydrogen-bond donors (Lipinski definition) is 1. The molecule has 1 heterocycles. The highest BCUT2D eigenvalue weighted by atomic mass is 16.2. The van der Waals surface area contributed by atoms with Crippen molar-refractivity contribution < 1.29 is 9.59 Å². The van der Waals surface area contributed by atoms with Crippen molar-refractivity contribution in [2.45, 2.75) is 45.1 Å². The molecule has 0 radical (unpaired) electrons. The zero-order chi connectivity index (χ0) is 14.3. The highest BCUT2D eigenvalue weighted by molar-refractivity contribution is 6.21. The summed E-state index contributed by atoms with van der Waals surface area (Å²) in [4.78, 5) is 26.5. The fourth-order valence-electron chi connectivity index (χ4n) is 3.33. The van der Waals surface area contributed by atoms with Crippen LogP contribution in [0.15, 0.2) is 18.2 Å². The van der Waals surface area contributed by atoms with E-state index in [2.05, 4.69) is 6.92 Å². The third-order valence-electron chi connectivity index (χ3n) is 4.53. The van der Waals surface area contributed by atoms with E-state index in [0.29, 0.717) is 22.7 Å². The molecular weight excluding hydrogens is 252 g/mol. The van der Waals surface area contributed by atoms with Gasteiger partial charge < -0.3 is 5.73 Å². The summed E-state index contributed by atoms with van der Waals surface area (Å²) in [6.45, 7) is 2.24. The van der Waals surface area contributed by atoms with Gasteiger partial charge in [-0.05, 0) is 43.4 Å². The molecule has 1 aromatic carbocycles. The van der Waals surface area contributed by atoms with Gasteiger partial charge in [0, 0.05) is 11.7 Å². The molecular formula is C16H20N2O2. The number of nitrogen functional groups attached to an aromatic ring is 1. The number of fused-ring (bicyclic) bond motifs is 1. The van der Waals surface area contributed by atoms with Gasteiger partial charge in [-0.2, -0.15) is 0 Å². The number of nitrogens with two attached hydrogens (primary N) is 1. The van der Waals surface area contributed by atoms with Gasteiger partial charge in [-0.3, -0.25) is 14.5 Å². The second kappa shape index (κ2) is 4.93. The van der Waals surface area contributed by atoms with Crippen LogP contribution in [-0.2, 0) is 0 Å². The van der Waals surface area contributed by atoms with Crippen molar-refractivity contribution in [1.82, 2.24) is 4.90 Å². The Labute approximate surface area is 118 Å². The van der Waals surface area contributed by atoms with E-state index in [-0.39, 0.29) is 17.9 Å². The predicted octanol–water partition coefficient (Wildman–Crippen LogP) is 2.83. The topological polar surface area (TPSA) is 63.4 Å². The Morgan fingerprint density at radius 3 is 2.60 bits per heavy atom. The second-order valence-electron chi connectivity index (χ2n) is 6.05. The van der Waals surface area contributed by atoms with Crippen molar-refractivity contribution in [2.75, 3.05) is 5.73 Å². The molecule has 1 fully saturated rings. The van der Waals surface area contributed by atoms with E-state index in [0.717, 1.165) is 25.7 Å². The zero-order valence-corrected chi connectivity index (χ0v) is 11.8. The number of nitrogens with zero attached hydrogens (tertiary/aromatic N) is 1. The second-order valence-corrected chi connectivity index (χ2v) is 6.05. The van der Waals surface area contributed by atoms with E-state index in [1.165, 1.54) is 11.3 Å². The Morgan fingerprint density at radius 1 is 1.05 bits per heavy atom. The quantitative estimate of drug-likeness (QED) is 0.486.